The Labute approximate surface area is 186 Å². The number of benzene rings is 2. The topological polar surface area (TPSA) is 109 Å². The first-order chi connectivity index (χ1) is 15.3. The zero-order chi connectivity index (χ0) is 23.1. The van der Waals surface area contributed by atoms with Crippen molar-refractivity contribution in [2.24, 2.45) is 5.92 Å². The van der Waals surface area contributed by atoms with Crippen molar-refractivity contribution in [3.63, 3.8) is 0 Å². The minimum Gasteiger partial charge on any atom is -0.488 e. The molecule has 32 heavy (non-hydrogen) atoms. The van der Waals surface area contributed by atoms with Gasteiger partial charge in [-0.05, 0) is 49.2 Å². The van der Waals surface area contributed by atoms with Crippen molar-refractivity contribution in [3.8, 4) is 11.8 Å². The van der Waals surface area contributed by atoms with Crippen molar-refractivity contribution in [1.29, 1.82) is 5.26 Å². The number of hydrogen-bond acceptors (Lipinski definition) is 6. The van der Waals surface area contributed by atoms with E-state index >= 15 is 0 Å². The maximum atomic E-state index is 14.2. The number of ether oxygens (including phenoxy) is 2. The summed E-state index contributed by atoms with van der Waals surface area (Å²) in [4.78, 5) is 12.7. The normalized spacial score (nSPS) is 15.2. The van der Waals surface area contributed by atoms with E-state index in [-0.39, 0.29) is 42.2 Å². The number of carbonyl (C=O) groups excluding carboxylic acids is 1. The summed E-state index contributed by atoms with van der Waals surface area (Å²) in [7, 11) is -2.18. The number of carbonyl (C=O) groups is 1. The van der Waals surface area contributed by atoms with Gasteiger partial charge >= 0.3 is 0 Å². The lowest BCUT2D eigenvalue weighted by atomic mass is 9.97. The Balaban J connectivity index is 1.56. The van der Waals surface area contributed by atoms with E-state index in [1.165, 1.54) is 47.8 Å². The smallest absolute Gasteiger partial charge is 0.243 e. The SMILES string of the molecule is COCCOc1ccc(NC(=O)C2CCN(S(=O)(=O)c3ccc(C#N)cc3)CC2)cc1F. The average molecular weight is 462 g/mol. The van der Waals surface area contributed by atoms with Gasteiger partial charge in [-0.3, -0.25) is 4.79 Å². The molecule has 0 radical (unpaired) electrons. The number of piperidine rings is 1. The maximum Gasteiger partial charge on any atom is 0.243 e. The van der Waals surface area contributed by atoms with E-state index in [1.54, 1.807) is 6.07 Å². The van der Waals surface area contributed by atoms with Crippen molar-refractivity contribution in [2.45, 2.75) is 17.7 Å². The van der Waals surface area contributed by atoms with Gasteiger partial charge in [-0.15, -0.1) is 0 Å². The number of anilines is 1. The molecule has 1 aliphatic rings. The van der Waals surface area contributed by atoms with Crippen molar-refractivity contribution in [1.82, 2.24) is 4.31 Å². The molecule has 170 valence electrons. The second-order valence-electron chi connectivity index (χ2n) is 7.29. The fourth-order valence-corrected chi connectivity index (χ4v) is 4.85. The van der Waals surface area contributed by atoms with Gasteiger partial charge in [0.05, 0.1) is 23.1 Å². The minimum absolute atomic E-state index is 0.0707. The quantitative estimate of drug-likeness (QED) is 0.606. The van der Waals surface area contributed by atoms with Crippen LogP contribution in [0.4, 0.5) is 10.1 Å². The maximum absolute atomic E-state index is 14.2. The molecule has 3 rings (SSSR count). The van der Waals surface area contributed by atoms with Crippen LogP contribution in [-0.4, -0.2) is 52.0 Å². The lowest BCUT2D eigenvalue weighted by Gasteiger charge is -2.30. The van der Waals surface area contributed by atoms with Crippen LogP contribution in [0.3, 0.4) is 0 Å². The summed E-state index contributed by atoms with van der Waals surface area (Å²) in [5, 5.41) is 11.5. The third kappa shape index (κ3) is 5.62. The highest BCUT2D eigenvalue weighted by Gasteiger charge is 2.32. The highest BCUT2D eigenvalue weighted by Crippen LogP contribution is 2.26. The zero-order valence-corrected chi connectivity index (χ0v) is 18.4. The van der Waals surface area contributed by atoms with Crippen LogP contribution < -0.4 is 10.1 Å². The first-order valence-corrected chi connectivity index (χ1v) is 11.5. The molecule has 0 spiro atoms. The number of halogens is 1. The van der Waals surface area contributed by atoms with Crippen LogP contribution >= 0.6 is 0 Å². The van der Waals surface area contributed by atoms with Crippen LogP contribution in [0.25, 0.3) is 0 Å². The third-order valence-corrected chi connectivity index (χ3v) is 7.10. The molecule has 1 heterocycles. The molecule has 0 atom stereocenters. The van der Waals surface area contributed by atoms with Gasteiger partial charge in [0.1, 0.15) is 6.61 Å². The van der Waals surface area contributed by atoms with E-state index in [4.69, 9.17) is 14.7 Å². The van der Waals surface area contributed by atoms with Gasteiger partial charge in [0.15, 0.2) is 11.6 Å². The predicted molar refractivity (Wildman–Crippen MR) is 115 cm³/mol. The Morgan fingerprint density at radius 1 is 1.19 bits per heavy atom. The standard InChI is InChI=1S/C22H24FN3O5S/c1-30-12-13-31-21-7-4-18(14-20(21)23)25-22(27)17-8-10-26(11-9-17)32(28,29)19-5-2-16(15-24)3-6-19/h2-7,14,17H,8-13H2,1H3,(H,25,27). The molecule has 8 nitrogen and oxygen atoms in total. The number of methoxy groups -OCH3 is 1. The molecule has 1 N–H and O–H groups in total. The average Bonchev–Trinajstić information content (AvgIpc) is 2.80. The number of sulfonamides is 1. The van der Waals surface area contributed by atoms with Gasteiger partial charge in [0.25, 0.3) is 0 Å². The monoisotopic (exact) mass is 461 g/mol. The summed E-state index contributed by atoms with van der Waals surface area (Å²) >= 11 is 0. The molecule has 0 aliphatic carbocycles. The van der Waals surface area contributed by atoms with E-state index in [0.717, 1.165) is 0 Å². The molecular weight excluding hydrogens is 437 g/mol. The number of hydrogen-bond donors (Lipinski definition) is 1. The Bertz CT molecular complexity index is 1090. The molecule has 10 heteroatoms. The third-order valence-electron chi connectivity index (χ3n) is 5.19. The van der Waals surface area contributed by atoms with Gasteiger partial charge in [-0.1, -0.05) is 0 Å². The van der Waals surface area contributed by atoms with Crippen LogP contribution in [-0.2, 0) is 19.6 Å². The fraction of sp³-hybridized carbons (Fsp3) is 0.364. The number of nitrogens with one attached hydrogen (secondary N) is 1. The second-order valence-corrected chi connectivity index (χ2v) is 9.23. The molecule has 2 aromatic carbocycles. The van der Waals surface area contributed by atoms with Crippen LogP contribution in [0.1, 0.15) is 18.4 Å². The molecule has 1 saturated heterocycles. The van der Waals surface area contributed by atoms with E-state index in [9.17, 15) is 17.6 Å². The van der Waals surface area contributed by atoms with Gasteiger partial charge in [-0.2, -0.15) is 9.57 Å². The molecule has 0 unspecified atom stereocenters. The summed E-state index contributed by atoms with van der Waals surface area (Å²) in [5.74, 6) is -1.19. The number of nitriles is 1. The fourth-order valence-electron chi connectivity index (χ4n) is 3.38. The zero-order valence-electron chi connectivity index (χ0n) is 17.6. The van der Waals surface area contributed by atoms with Gasteiger partial charge in [0, 0.05) is 37.9 Å². The van der Waals surface area contributed by atoms with Crippen molar-refractivity contribution >= 4 is 21.6 Å². The van der Waals surface area contributed by atoms with Gasteiger partial charge in [-0.25, -0.2) is 12.8 Å². The van der Waals surface area contributed by atoms with Crippen LogP contribution in [0.5, 0.6) is 5.75 Å². The summed E-state index contributed by atoms with van der Waals surface area (Å²) in [5.41, 5.74) is 0.685. The first kappa shape index (κ1) is 23.7. The van der Waals surface area contributed by atoms with Crippen LogP contribution in [0.2, 0.25) is 0 Å². The van der Waals surface area contributed by atoms with Crippen LogP contribution in [0, 0.1) is 23.1 Å². The summed E-state index contributed by atoms with van der Waals surface area (Å²) in [6.45, 7) is 0.933. The molecule has 0 aromatic heterocycles. The lowest BCUT2D eigenvalue weighted by Crippen LogP contribution is -2.41. The number of nitrogens with zero attached hydrogens (tertiary/aromatic N) is 2. The Hall–Kier alpha value is -3.00. The van der Waals surface area contributed by atoms with E-state index in [0.29, 0.717) is 30.7 Å². The van der Waals surface area contributed by atoms with E-state index < -0.39 is 15.8 Å². The summed E-state index contributed by atoms with van der Waals surface area (Å²) in [6.07, 6.45) is 0.698. The largest absolute Gasteiger partial charge is 0.488 e. The molecule has 1 fully saturated rings. The Kier molecular flexibility index (Phi) is 7.80. The Morgan fingerprint density at radius 3 is 2.47 bits per heavy atom. The second kappa shape index (κ2) is 10.5. The lowest BCUT2D eigenvalue weighted by molar-refractivity contribution is -0.120. The molecular formula is C22H24FN3O5S. The van der Waals surface area contributed by atoms with Crippen molar-refractivity contribution in [2.75, 3.05) is 38.7 Å². The predicted octanol–water partition coefficient (Wildman–Crippen LogP) is 2.76. The molecule has 0 bridgehead atoms. The van der Waals surface area contributed by atoms with E-state index in [1.807, 2.05) is 6.07 Å². The molecule has 1 amide bonds. The van der Waals surface area contributed by atoms with Gasteiger partial charge in [0.2, 0.25) is 15.9 Å². The highest BCUT2D eigenvalue weighted by atomic mass is 32.2. The van der Waals surface area contributed by atoms with Crippen molar-refractivity contribution in [3.05, 3.63) is 53.8 Å². The molecule has 2 aromatic rings. The van der Waals surface area contributed by atoms with E-state index in [2.05, 4.69) is 5.32 Å². The number of rotatable bonds is 8. The van der Waals surface area contributed by atoms with Gasteiger partial charge < -0.3 is 14.8 Å². The minimum atomic E-state index is -3.70. The first-order valence-electron chi connectivity index (χ1n) is 10.1. The summed E-state index contributed by atoms with van der Waals surface area (Å²) in [6, 6.07) is 11.9. The molecule has 1 aliphatic heterocycles. The highest BCUT2D eigenvalue weighted by molar-refractivity contribution is 7.89. The number of amides is 1. The van der Waals surface area contributed by atoms with Crippen molar-refractivity contribution < 1.29 is 27.1 Å². The molecule has 0 saturated carbocycles. The summed E-state index contributed by atoms with van der Waals surface area (Å²) < 4.78 is 51.2. The Morgan fingerprint density at radius 2 is 1.88 bits per heavy atom. The van der Waals surface area contributed by atoms with Crippen LogP contribution in [0.15, 0.2) is 47.4 Å².